The van der Waals surface area contributed by atoms with Gasteiger partial charge in [-0.1, -0.05) is 11.6 Å². The summed E-state index contributed by atoms with van der Waals surface area (Å²) in [5.41, 5.74) is -0.0855. The molecule has 0 spiro atoms. The Morgan fingerprint density at radius 2 is 1.88 bits per heavy atom. The molecule has 0 amide bonds. The fraction of sp³-hybridized carbons (Fsp3) is 0.200. The molecule has 134 valence electrons. The Morgan fingerprint density at radius 1 is 1.24 bits per heavy atom. The number of hydrogen-bond acceptors (Lipinski definition) is 6. The molecule has 0 atom stereocenters. The first kappa shape index (κ1) is 19.0. The summed E-state index contributed by atoms with van der Waals surface area (Å²) in [6.45, 7) is 0.615. The Hall–Kier alpha value is -2.36. The zero-order chi connectivity index (χ0) is 18.6. The lowest BCUT2D eigenvalue weighted by Gasteiger charge is -2.19. The van der Waals surface area contributed by atoms with Crippen molar-refractivity contribution in [2.45, 2.75) is 4.90 Å². The third kappa shape index (κ3) is 5.05. The molecule has 0 saturated carbocycles. The van der Waals surface area contributed by atoms with Crippen molar-refractivity contribution in [2.24, 2.45) is 5.14 Å². The second-order valence-corrected chi connectivity index (χ2v) is 7.17. The number of nitrogens with two attached hydrogens (primary N) is 1. The maximum Gasteiger partial charge on any atom is 0.293 e. The van der Waals surface area contributed by atoms with Crippen molar-refractivity contribution < 1.29 is 18.1 Å². The molecule has 10 heteroatoms. The SMILES string of the molecule is CN(CCOc1ccc(Cl)cc1)c1ccc(S(N)(=O)=O)cc1[N+](=O)[O-]. The van der Waals surface area contributed by atoms with Crippen molar-refractivity contribution in [3.8, 4) is 5.75 Å². The third-order valence-electron chi connectivity index (χ3n) is 3.39. The average molecular weight is 386 g/mol. The van der Waals surface area contributed by atoms with Gasteiger partial charge in [-0.15, -0.1) is 0 Å². The van der Waals surface area contributed by atoms with Crippen LogP contribution in [-0.2, 0) is 10.0 Å². The lowest BCUT2D eigenvalue weighted by molar-refractivity contribution is -0.384. The molecule has 2 N–H and O–H groups in total. The molecule has 0 heterocycles. The van der Waals surface area contributed by atoms with Gasteiger partial charge in [0.1, 0.15) is 18.0 Å². The molecule has 0 saturated heterocycles. The van der Waals surface area contributed by atoms with Crippen LogP contribution in [-0.4, -0.2) is 33.5 Å². The van der Waals surface area contributed by atoms with Crippen molar-refractivity contribution in [3.05, 3.63) is 57.6 Å². The van der Waals surface area contributed by atoms with Crippen molar-refractivity contribution in [1.82, 2.24) is 0 Å². The number of sulfonamides is 1. The number of halogens is 1. The number of rotatable bonds is 7. The molecule has 25 heavy (non-hydrogen) atoms. The minimum atomic E-state index is -4.02. The van der Waals surface area contributed by atoms with Crippen molar-refractivity contribution >= 4 is 33.0 Å². The summed E-state index contributed by atoms with van der Waals surface area (Å²) in [6, 6.07) is 10.3. The molecule has 0 bridgehead atoms. The van der Waals surface area contributed by atoms with Crippen LogP contribution in [0.5, 0.6) is 5.75 Å². The minimum Gasteiger partial charge on any atom is -0.492 e. The van der Waals surface area contributed by atoms with Gasteiger partial charge in [0.05, 0.1) is 16.4 Å². The highest BCUT2D eigenvalue weighted by Crippen LogP contribution is 2.29. The normalized spacial score (nSPS) is 11.2. The highest BCUT2D eigenvalue weighted by atomic mass is 35.5. The van der Waals surface area contributed by atoms with E-state index in [0.717, 1.165) is 6.07 Å². The Kier molecular flexibility index (Phi) is 5.83. The number of ether oxygens (including phenoxy) is 1. The zero-order valence-corrected chi connectivity index (χ0v) is 14.8. The van der Waals surface area contributed by atoms with Gasteiger partial charge in [0, 0.05) is 18.1 Å². The summed E-state index contributed by atoms with van der Waals surface area (Å²) in [4.78, 5) is 11.9. The smallest absolute Gasteiger partial charge is 0.293 e. The highest BCUT2D eigenvalue weighted by molar-refractivity contribution is 7.89. The van der Waals surface area contributed by atoms with E-state index in [1.54, 1.807) is 36.2 Å². The fourth-order valence-electron chi connectivity index (χ4n) is 2.10. The molecular formula is C15H16ClN3O5S. The number of benzene rings is 2. The van der Waals surface area contributed by atoms with E-state index in [9.17, 15) is 18.5 Å². The number of nitro groups is 1. The van der Waals surface area contributed by atoms with E-state index in [0.29, 0.717) is 17.3 Å². The van der Waals surface area contributed by atoms with Crippen LogP contribution < -0.4 is 14.8 Å². The van der Waals surface area contributed by atoms with Gasteiger partial charge < -0.3 is 9.64 Å². The molecule has 0 fully saturated rings. The second-order valence-electron chi connectivity index (χ2n) is 5.18. The van der Waals surface area contributed by atoms with Gasteiger partial charge in [-0.3, -0.25) is 10.1 Å². The minimum absolute atomic E-state index is 0.261. The summed E-state index contributed by atoms with van der Waals surface area (Å²) in [6.07, 6.45) is 0. The number of hydrogen-bond donors (Lipinski definition) is 1. The first-order valence-corrected chi connectivity index (χ1v) is 9.01. The van der Waals surface area contributed by atoms with Gasteiger partial charge in [0.15, 0.2) is 0 Å². The van der Waals surface area contributed by atoms with E-state index in [2.05, 4.69) is 0 Å². The van der Waals surface area contributed by atoms with Crippen molar-refractivity contribution in [1.29, 1.82) is 0 Å². The van der Waals surface area contributed by atoms with Crippen LogP contribution in [0.3, 0.4) is 0 Å². The number of nitrogens with zero attached hydrogens (tertiary/aromatic N) is 2. The van der Waals surface area contributed by atoms with Gasteiger partial charge in [0.25, 0.3) is 5.69 Å². The van der Waals surface area contributed by atoms with Gasteiger partial charge in [-0.05, 0) is 36.4 Å². The van der Waals surface area contributed by atoms with E-state index in [4.69, 9.17) is 21.5 Å². The van der Waals surface area contributed by atoms with Crippen LogP contribution >= 0.6 is 11.6 Å². The van der Waals surface area contributed by atoms with Crippen LogP contribution in [0.25, 0.3) is 0 Å². The van der Waals surface area contributed by atoms with Gasteiger partial charge in [-0.25, -0.2) is 13.6 Å². The molecule has 2 aromatic carbocycles. The second kappa shape index (κ2) is 7.68. The predicted octanol–water partition coefficient (Wildman–Crippen LogP) is 2.41. The molecule has 0 radical (unpaired) electrons. The Labute approximate surface area is 150 Å². The Morgan fingerprint density at radius 3 is 2.44 bits per heavy atom. The van der Waals surface area contributed by atoms with Gasteiger partial charge in [-0.2, -0.15) is 0 Å². The number of anilines is 1. The average Bonchev–Trinajstić information content (AvgIpc) is 2.55. The third-order valence-corrected chi connectivity index (χ3v) is 4.56. The molecule has 2 aromatic rings. The number of likely N-dealkylation sites (N-methyl/N-ethyl adjacent to an activating group) is 1. The van der Waals surface area contributed by atoms with Crippen LogP contribution in [0, 0.1) is 10.1 Å². The fourth-order valence-corrected chi connectivity index (χ4v) is 2.76. The van der Waals surface area contributed by atoms with E-state index in [1.165, 1.54) is 12.1 Å². The molecule has 0 aliphatic heterocycles. The molecule has 0 aliphatic rings. The van der Waals surface area contributed by atoms with Crippen LogP contribution in [0.4, 0.5) is 11.4 Å². The van der Waals surface area contributed by atoms with Crippen LogP contribution in [0.2, 0.25) is 5.02 Å². The topological polar surface area (TPSA) is 116 Å². The van der Waals surface area contributed by atoms with Crippen molar-refractivity contribution in [3.63, 3.8) is 0 Å². The van der Waals surface area contributed by atoms with Crippen molar-refractivity contribution in [2.75, 3.05) is 25.1 Å². The molecule has 0 unspecified atom stereocenters. The summed E-state index contributed by atoms with van der Waals surface area (Å²) in [7, 11) is -2.37. The van der Waals surface area contributed by atoms with Crippen LogP contribution in [0.1, 0.15) is 0 Å². The molecule has 0 aromatic heterocycles. The van der Waals surface area contributed by atoms with E-state index in [1.807, 2.05) is 0 Å². The molecule has 8 nitrogen and oxygen atoms in total. The maximum atomic E-state index is 11.4. The summed E-state index contributed by atoms with van der Waals surface area (Å²) in [5.74, 6) is 0.622. The van der Waals surface area contributed by atoms with E-state index in [-0.39, 0.29) is 22.9 Å². The quantitative estimate of drug-likeness (QED) is 0.578. The summed E-state index contributed by atoms with van der Waals surface area (Å²) >= 11 is 5.79. The van der Waals surface area contributed by atoms with E-state index < -0.39 is 14.9 Å². The zero-order valence-electron chi connectivity index (χ0n) is 13.3. The summed E-state index contributed by atoms with van der Waals surface area (Å²) < 4.78 is 28.3. The maximum absolute atomic E-state index is 11.4. The Bertz CT molecular complexity index is 871. The largest absolute Gasteiger partial charge is 0.492 e. The lowest BCUT2D eigenvalue weighted by atomic mass is 10.2. The first-order valence-electron chi connectivity index (χ1n) is 7.09. The summed E-state index contributed by atoms with van der Waals surface area (Å²) in [5, 5.41) is 16.8. The Balaban J connectivity index is 2.11. The lowest BCUT2D eigenvalue weighted by Crippen LogP contribution is -2.24. The number of nitro benzene ring substituents is 1. The first-order chi connectivity index (χ1) is 11.7. The molecule has 0 aliphatic carbocycles. The standard InChI is InChI=1S/C15H16ClN3O5S/c1-18(8-9-24-12-4-2-11(16)3-5-12)14-7-6-13(25(17,22)23)10-15(14)19(20)21/h2-7,10H,8-9H2,1H3,(H2,17,22,23). The van der Waals surface area contributed by atoms with E-state index >= 15 is 0 Å². The van der Waals surface area contributed by atoms with Crippen LogP contribution in [0.15, 0.2) is 47.4 Å². The predicted molar refractivity (Wildman–Crippen MR) is 94.7 cm³/mol. The molecule has 2 rings (SSSR count). The highest BCUT2D eigenvalue weighted by Gasteiger charge is 2.21. The molecular weight excluding hydrogens is 370 g/mol. The monoisotopic (exact) mass is 385 g/mol. The van der Waals surface area contributed by atoms with Gasteiger partial charge in [0.2, 0.25) is 10.0 Å². The number of primary sulfonamides is 1. The van der Waals surface area contributed by atoms with Gasteiger partial charge >= 0.3 is 0 Å².